The van der Waals surface area contributed by atoms with E-state index in [0.717, 1.165) is 10.9 Å². The van der Waals surface area contributed by atoms with Crippen molar-refractivity contribution in [2.45, 2.75) is 31.7 Å². The number of hydrogen-bond acceptors (Lipinski definition) is 1. The van der Waals surface area contributed by atoms with Crippen molar-refractivity contribution in [2.75, 3.05) is 0 Å². The van der Waals surface area contributed by atoms with Gasteiger partial charge >= 0.3 is 0 Å². The highest BCUT2D eigenvalue weighted by atomic mass is 35.5. The largest absolute Gasteiger partial charge is 0.327 e. The molecule has 1 aromatic heterocycles. The van der Waals surface area contributed by atoms with E-state index in [1.54, 1.807) is 0 Å². The van der Waals surface area contributed by atoms with Crippen LogP contribution in [0.5, 0.6) is 0 Å². The predicted octanol–water partition coefficient (Wildman–Crippen LogP) is 4.02. The fourth-order valence-electron chi connectivity index (χ4n) is 2.24. The summed E-state index contributed by atoms with van der Waals surface area (Å²) in [6.07, 6.45) is 6.55. The number of aromatic nitrogens is 2. The predicted molar refractivity (Wildman–Crippen MR) is 69.5 cm³/mol. The number of rotatable bonds is 3. The van der Waals surface area contributed by atoms with Gasteiger partial charge in [-0.25, -0.2) is 4.98 Å². The van der Waals surface area contributed by atoms with Crippen molar-refractivity contribution < 1.29 is 0 Å². The van der Waals surface area contributed by atoms with Gasteiger partial charge in [0.25, 0.3) is 0 Å². The van der Waals surface area contributed by atoms with Gasteiger partial charge in [-0.15, -0.1) is 0 Å². The van der Waals surface area contributed by atoms with Crippen molar-refractivity contribution in [3.8, 4) is 0 Å². The molecule has 1 aliphatic rings. The van der Waals surface area contributed by atoms with E-state index in [1.807, 2.05) is 24.7 Å². The van der Waals surface area contributed by atoms with Gasteiger partial charge in [0, 0.05) is 22.8 Å². The molecule has 0 amide bonds. The Morgan fingerprint density at radius 1 is 1.29 bits per heavy atom. The Bertz CT molecular complexity index is 511. The minimum atomic E-state index is 0.324. The average molecular weight is 247 g/mol. The topological polar surface area (TPSA) is 17.8 Å². The third-order valence-electron chi connectivity index (χ3n) is 3.46. The molecule has 3 heteroatoms. The van der Waals surface area contributed by atoms with E-state index in [-0.39, 0.29) is 0 Å². The van der Waals surface area contributed by atoms with Gasteiger partial charge in [0.05, 0.1) is 12.4 Å². The van der Waals surface area contributed by atoms with Crippen molar-refractivity contribution in [1.29, 1.82) is 0 Å². The second-order valence-electron chi connectivity index (χ2n) is 4.73. The van der Waals surface area contributed by atoms with Gasteiger partial charge in [0.1, 0.15) is 0 Å². The molecule has 1 aromatic carbocycles. The van der Waals surface area contributed by atoms with Crippen molar-refractivity contribution in [3.63, 3.8) is 0 Å². The monoisotopic (exact) mass is 246 g/mol. The van der Waals surface area contributed by atoms with E-state index >= 15 is 0 Å². The van der Waals surface area contributed by atoms with Gasteiger partial charge < -0.3 is 4.57 Å². The molecule has 0 bridgehead atoms. The molecular formula is C14H15ClN2. The van der Waals surface area contributed by atoms with Gasteiger partial charge in [0.2, 0.25) is 0 Å². The Balaban J connectivity index is 1.92. The zero-order valence-corrected chi connectivity index (χ0v) is 10.6. The highest BCUT2D eigenvalue weighted by Gasteiger charge is 2.28. The normalized spacial score (nSPS) is 17.1. The van der Waals surface area contributed by atoms with E-state index in [1.165, 1.54) is 24.1 Å². The number of imidazole rings is 1. The second kappa shape index (κ2) is 4.19. The minimum absolute atomic E-state index is 0.324. The van der Waals surface area contributed by atoms with E-state index in [2.05, 4.69) is 28.6 Å². The molecule has 1 atom stereocenters. The summed E-state index contributed by atoms with van der Waals surface area (Å²) in [6.45, 7) is 2.21. The van der Waals surface area contributed by atoms with E-state index < -0.39 is 0 Å². The molecule has 3 rings (SSSR count). The van der Waals surface area contributed by atoms with Gasteiger partial charge in [-0.05, 0) is 37.5 Å². The van der Waals surface area contributed by atoms with Crippen molar-refractivity contribution in [2.24, 2.45) is 0 Å². The Morgan fingerprint density at radius 2 is 2.00 bits per heavy atom. The molecule has 0 aliphatic heterocycles. The summed E-state index contributed by atoms with van der Waals surface area (Å²) >= 11 is 5.91. The number of hydrogen-bond donors (Lipinski definition) is 0. The maximum Gasteiger partial charge on any atom is 0.0953 e. The molecule has 1 aliphatic carbocycles. The Kier molecular flexibility index (Phi) is 2.67. The second-order valence-corrected chi connectivity index (χ2v) is 5.16. The summed E-state index contributed by atoms with van der Waals surface area (Å²) < 4.78 is 2.28. The molecule has 17 heavy (non-hydrogen) atoms. The van der Waals surface area contributed by atoms with Crippen molar-refractivity contribution in [1.82, 2.24) is 9.55 Å². The van der Waals surface area contributed by atoms with Crippen LogP contribution >= 0.6 is 11.6 Å². The quantitative estimate of drug-likeness (QED) is 0.800. The summed E-state index contributed by atoms with van der Waals surface area (Å²) in [7, 11) is 0. The van der Waals surface area contributed by atoms with Gasteiger partial charge in [-0.3, -0.25) is 0 Å². The summed E-state index contributed by atoms with van der Waals surface area (Å²) in [5.41, 5.74) is 2.64. The fraction of sp³-hybridized carbons (Fsp3) is 0.357. The number of nitrogens with zero attached hydrogens (tertiary/aromatic N) is 2. The lowest BCUT2D eigenvalue weighted by Gasteiger charge is -2.17. The number of halogens is 1. The molecule has 0 saturated heterocycles. The Morgan fingerprint density at radius 3 is 2.65 bits per heavy atom. The highest BCUT2D eigenvalue weighted by molar-refractivity contribution is 6.30. The van der Waals surface area contributed by atoms with Crippen LogP contribution < -0.4 is 0 Å². The van der Waals surface area contributed by atoms with Gasteiger partial charge in [-0.2, -0.15) is 0 Å². The molecular weight excluding hydrogens is 232 g/mol. The lowest BCUT2D eigenvalue weighted by Crippen LogP contribution is -2.08. The summed E-state index contributed by atoms with van der Waals surface area (Å²) in [5.74, 6) is 0.729. The molecule has 1 fully saturated rings. The molecule has 0 spiro atoms. The van der Waals surface area contributed by atoms with Crippen LogP contribution in [0.3, 0.4) is 0 Å². The van der Waals surface area contributed by atoms with Crippen molar-refractivity contribution >= 4 is 11.6 Å². The molecule has 0 radical (unpaired) electrons. The zero-order valence-electron chi connectivity index (χ0n) is 9.81. The van der Waals surface area contributed by atoms with Crippen molar-refractivity contribution in [3.05, 3.63) is 53.1 Å². The molecule has 2 nitrogen and oxygen atoms in total. The molecule has 1 saturated carbocycles. The molecule has 88 valence electrons. The first-order valence-electron chi connectivity index (χ1n) is 6.03. The summed E-state index contributed by atoms with van der Waals surface area (Å²) in [6, 6.07) is 8.39. The highest BCUT2D eigenvalue weighted by Crippen LogP contribution is 2.41. The van der Waals surface area contributed by atoms with Crippen LogP contribution in [0.25, 0.3) is 0 Å². The molecule has 1 unspecified atom stereocenters. The van der Waals surface area contributed by atoms with E-state index in [0.29, 0.717) is 6.04 Å². The molecule has 2 aromatic rings. The molecule has 1 heterocycles. The summed E-state index contributed by atoms with van der Waals surface area (Å²) in [4.78, 5) is 4.28. The third kappa shape index (κ3) is 2.09. The Hall–Kier alpha value is -1.28. The van der Waals surface area contributed by atoms with Crippen LogP contribution in [0.1, 0.15) is 43.0 Å². The maximum atomic E-state index is 5.91. The Labute approximate surface area is 106 Å². The number of benzene rings is 1. The zero-order chi connectivity index (χ0) is 11.8. The SMILES string of the molecule is CC(c1ccc(Cl)cc1)n1cncc1C1CC1. The smallest absolute Gasteiger partial charge is 0.0953 e. The third-order valence-corrected chi connectivity index (χ3v) is 3.71. The molecule has 0 N–H and O–H groups in total. The van der Waals surface area contributed by atoms with E-state index in [4.69, 9.17) is 11.6 Å². The van der Waals surface area contributed by atoms with Crippen LogP contribution in [-0.2, 0) is 0 Å². The van der Waals surface area contributed by atoms with Gasteiger partial charge in [0.15, 0.2) is 0 Å². The van der Waals surface area contributed by atoms with Crippen LogP contribution in [0.15, 0.2) is 36.8 Å². The standard InChI is InChI=1S/C14H15ClN2/c1-10(11-4-6-13(15)7-5-11)17-9-16-8-14(17)12-2-3-12/h4-10,12H,2-3H2,1H3. The van der Waals surface area contributed by atoms with Gasteiger partial charge in [-0.1, -0.05) is 23.7 Å². The first-order valence-corrected chi connectivity index (χ1v) is 6.40. The van der Waals surface area contributed by atoms with Crippen LogP contribution in [0, 0.1) is 0 Å². The average Bonchev–Trinajstić information content (AvgIpc) is 3.07. The lowest BCUT2D eigenvalue weighted by atomic mass is 10.1. The summed E-state index contributed by atoms with van der Waals surface area (Å²) in [5, 5.41) is 0.786. The maximum absolute atomic E-state index is 5.91. The minimum Gasteiger partial charge on any atom is -0.327 e. The lowest BCUT2D eigenvalue weighted by molar-refractivity contribution is 0.609. The van der Waals surface area contributed by atoms with Crippen LogP contribution in [0.2, 0.25) is 5.02 Å². The first-order chi connectivity index (χ1) is 8.25. The van der Waals surface area contributed by atoms with Crippen LogP contribution in [0.4, 0.5) is 0 Å². The van der Waals surface area contributed by atoms with E-state index in [9.17, 15) is 0 Å². The first kappa shape index (κ1) is 10.8. The fourth-order valence-corrected chi connectivity index (χ4v) is 2.36. The van der Waals surface area contributed by atoms with Crippen LogP contribution in [-0.4, -0.2) is 9.55 Å².